The van der Waals surface area contributed by atoms with E-state index in [1.165, 1.54) is 0 Å². The molecule has 1 aliphatic heterocycles. The van der Waals surface area contributed by atoms with E-state index >= 15 is 0 Å². The molecule has 2 rings (SSSR count). The standard InChI is InChI=1S/C21H32N2O3/c1-15(2)22-19(24)17-8-10-18(11-9-17)26-14-16-7-6-12-23(13-16)20(25)21(3,4)5/h8-11,15-16H,6-7,12-14H2,1-5H3,(H,22,24)/t16-/m0/s1. The molecule has 2 amide bonds. The summed E-state index contributed by atoms with van der Waals surface area (Å²) in [6, 6.07) is 7.34. The lowest BCUT2D eigenvalue weighted by Gasteiger charge is -2.36. The first-order chi connectivity index (χ1) is 12.2. The minimum Gasteiger partial charge on any atom is -0.493 e. The molecule has 0 spiro atoms. The summed E-state index contributed by atoms with van der Waals surface area (Å²) in [5, 5.41) is 2.87. The van der Waals surface area contributed by atoms with Gasteiger partial charge in [-0.25, -0.2) is 0 Å². The van der Waals surface area contributed by atoms with Gasteiger partial charge in [0.15, 0.2) is 0 Å². The largest absolute Gasteiger partial charge is 0.493 e. The number of nitrogens with zero attached hydrogens (tertiary/aromatic N) is 1. The molecule has 0 unspecified atom stereocenters. The zero-order valence-electron chi connectivity index (χ0n) is 16.7. The molecule has 1 heterocycles. The summed E-state index contributed by atoms with van der Waals surface area (Å²) in [4.78, 5) is 26.4. The van der Waals surface area contributed by atoms with Crippen molar-refractivity contribution in [1.29, 1.82) is 0 Å². The Morgan fingerprint density at radius 3 is 2.46 bits per heavy atom. The highest BCUT2D eigenvalue weighted by atomic mass is 16.5. The lowest BCUT2D eigenvalue weighted by atomic mass is 9.91. The molecule has 1 atom stereocenters. The third-order valence-corrected chi connectivity index (χ3v) is 4.47. The van der Waals surface area contributed by atoms with Crippen LogP contribution in [-0.4, -0.2) is 42.5 Å². The Balaban J connectivity index is 1.86. The normalized spacial score (nSPS) is 17.9. The molecule has 1 fully saturated rings. The predicted molar refractivity (Wildman–Crippen MR) is 103 cm³/mol. The Kier molecular flexibility index (Phi) is 6.68. The van der Waals surface area contributed by atoms with Crippen molar-refractivity contribution in [3.8, 4) is 5.75 Å². The monoisotopic (exact) mass is 360 g/mol. The number of rotatable bonds is 5. The SMILES string of the molecule is CC(C)NC(=O)c1ccc(OC[C@H]2CCCN(C(=O)C(C)(C)C)C2)cc1. The number of hydrogen-bond donors (Lipinski definition) is 1. The van der Waals surface area contributed by atoms with Crippen LogP contribution in [0, 0.1) is 11.3 Å². The second-order valence-corrected chi connectivity index (χ2v) is 8.47. The molecule has 5 nitrogen and oxygen atoms in total. The van der Waals surface area contributed by atoms with Crippen molar-refractivity contribution >= 4 is 11.8 Å². The molecule has 0 radical (unpaired) electrons. The molecule has 1 aromatic carbocycles. The number of carbonyl (C=O) groups is 2. The van der Waals surface area contributed by atoms with Crippen molar-refractivity contribution < 1.29 is 14.3 Å². The smallest absolute Gasteiger partial charge is 0.251 e. The highest BCUT2D eigenvalue weighted by Crippen LogP contribution is 2.24. The van der Waals surface area contributed by atoms with Gasteiger partial charge in [0.05, 0.1) is 6.61 Å². The second kappa shape index (κ2) is 8.56. The third kappa shape index (κ3) is 5.75. The minimum atomic E-state index is -0.338. The molecule has 0 aliphatic carbocycles. The summed E-state index contributed by atoms with van der Waals surface area (Å²) < 4.78 is 5.91. The fourth-order valence-corrected chi connectivity index (χ4v) is 3.12. The quantitative estimate of drug-likeness (QED) is 0.874. The molecule has 1 saturated heterocycles. The van der Waals surface area contributed by atoms with E-state index in [9.17, 15) is 9.59 Å². The molecule has 5 heteroatoms. The molecule has 1 aliphatic rings. The first kappa shape index (κ1) is 20.3. The summed E-state index contributed by atoms with van der Waals surface area (Å²) in [6.07, 6.45) is 2.09. The van der Waals surface area contributed by atoms with Gasteiger partial charge in [-0.15, -0.1) is 0 Å². The molecule has 0 bridgehead atoms. The van der Waals surface area contributed by atoms with Crippen LogP contribution in [0.25, 0.3) is 0 Å². The Labute approximate surface area is 157 Å². The van der Waals surface area contributed by atoms with E-state index < -0.39 is 0 Å². The van der Waals surface area contributed by atoms with Gasteiger partial charge in [0, 0.05) is 36.0 Å². The van der Waals surface area contributed by atoms with Gasteiger partial charge in [-0.2, -0.15) is 0 Å². The van der Waals surface area contributed by atoms with Crippen molar-refractivity contribution in [3.63, 3.8) is 0 Å². The molecule has 1 N–H and O–H groups in total. The number of amides is 2. The van der Waals surface area contributed by atoms with E-state index in [1.807, 2.05) is 51.7 Å². The van der Waals surface area contributed by atoms with E-state index in [2.05, 4.69) is 5.32 Å². The van der Waals surface area contributed by atoms with Crippen molar-refractivity contribution in [2.45, 2.75) is 53.5 Å². The van der Waals surface area contributed by atoms with Gasteiger partial charge in [-0.1, -0.05) is 20.8 Å². The zero-order valence-corrected chi connectivity index (χ0v) is 16.7. The predicted octanol–water partition coefficient (Wildman–Crippen LogP) is 3.49. The Bertz CT molecular complexity index is 617. The van der Waals surface area contributed by atoms with Gasteiger partial charge in [-0.3, -0.25) is 9.59 Å². The second-order valence-electron chi connectivity index (χ2n) is 8.47. The summed E-state index contributed by atoms with van der Waals surface area (Å²) in [7, 11) is 0. The van der Waals surface area contributed by atoms with E-state index in [1.54, 1.807) is 12.1 Å². The number of hydrogen-bond acceptors (Lipinski definition) is 3. The van der Waals surface area contributed by atoms with Gasteiger partial charge < -0.3 is 15.0 Å². The highest BCUT2D eigenvalue weighted by molar-refractivity contribution is 5.94. The van der Waals surface area contributed by atoms with Crippen molar-refractivity contribution in [2.75, 3.05) is 19.7 Å². The van der Waals surface area contributed by atoms with Crippen LogP contribution >= 0.6 is 0 Å². The van der Waals surface area contributed by atoms with Crippen LogP contribution in [0.4, 0.5) is 0 Å². The Morgan fingerprint density at radius 2 is 1.88 bits per heavy atom. The topological polar surface area (TPSA) is 58.6 Å². The maximum absolute atomic E-state index is 12.5. The summed E-state index contributed by atoms with van der Waals surface area (Å²) in [5.74, 6) is 1.24. The van der Waals surface area contributed by atoms with Crippen LogP contribution in [-0.2, 0) is 4.79 Å². The van der Waals surface area contributed by atoms with Crippen molar-refractivity contribution in [1.82, 2.24) is 10.2 Å². The van der Waals surface area contributed by atoms with E-state index in [-0.39, 0.29) is 23.3 Å². The fourth-order valence-electron chi connectivity index (χ4n) is 3.12. The summed E-state index contributed by atoms with van der Waals surface area (Å²) in [6.45, 7) is 12.0. The highest BCUT2D eigenvalue weighted by Gasteiger charge is 2.31. The van der Waals surface area contributed by atoms with Crippen LogP contribution in [0.3, 0.4) is 0 Å². The number of nitrogens with one attached hydrogen (secondary N) is 1. The molecule has 144 valence electrons. The fraction of sp³-hybridized carbons (Fsp3) is 0.619. The van der Waals surface area contributed by atoms with Gasteiger partial charge in [-0.05, 0) is 51.0 Å². The third-order valence-electron chi connectivity index (χ3n) is 4.47. The van der Waals surface area contributed by atoms with Crippen LogP contribution in [0.5, 0.6) is 5.75 Å². The maximum Gasteiger partial charge on any atom is 0.251 e. The minimum absolute atomic E-state index is 0.0739. The summed E-state index contributed by atoms with van der Waals surface area (Å²) in [5.41, 5.74) is 0.292. The average Bonchev–Trinajstić information content (AvgIpc) is 2.58. The van der Waals surface area contributed by atoms with Gasteiger partial charge in [0.1, 0.15) is 5.75 Å². The van der Waals surface area contributed by atoms with Crippen molar-refractivity contribution in [2.24, 2.45) is 11.3 Å². The Hall–Kier alpha value is -2.04. The van der Waals surface area contributed by atoms with E-state index in [4.69, 9.17) is 4.74 Å². The number of carbonyl (C=O) groups excluding carboxylic acids is 2. The first-order valence-corrected chi connectivity index (χ1v) is 9.50. The number of likely N-dealkylation sites (tertiary alicyclic amines) is 1. The number of benzene rings is 1. The molecule has 26 heavy (non-hydrogen) atoms. The van der Waals surface area contributed by atoms with Gasteiger partial charge in [0.25, 0.3) is 5.91 Å². The lowest BCUT2D eigenvalue weighted by molar-refractivity contribution is -0.141. The van der Waals surface area contributed by atoms with Gasteiger partial charge >= 0.3 is 0 Å². The number of piperidine rings is 1. The lowest BCUT2D eigenvalue weighted by Crippen LogP contribution is -2.46. The van der Waals surface area contributed by atoms with Crippen molar-refractivity contribution in [3.05, 3.63) is 29.8 Å². The number of ether oxygens (including phenoxy) is 1. The van der Waals surface area contributed by atoms with Crippen LogP contribution in [0.2, 0.25) is 0 Å². The van der Waals surface area contributed by atoms with Crippen LogP contribution < -0.4 is 10.1 Å². The zero-order chi connectivity index (χ0) is 19.3. The molecular weight excluding hydrogens is 328 g/mol. The molecular formula is C21H32N2O3. The van der Waals surface area contributed by atoms with Crippen LogP contribution in [0.1, 0.15) is 57.8 Å². The maximum atomic E-state index is 12.5. The average molecular weight is 360 g/mol. The van der Waals surface area contributed by atoms with Crippen LogP contribution in [0.15, 0.2) is 24.3 Å². The summed E-state index contributed by atoms with van der Waals surface area (Å²) >= 11 is 0. The first-order valence-electron chi connectivity index (χ1n) is 9.50. The van der Waals surface area contributed by atoms with E-state index in [0.29, 0.717) is 18.1 Å². The van der Waals surface area contributed by atoms with E-state index in [0.717, 1.165) is 31.7 Å². The molecule has 1 aromatic rings. The molecule has 0 saturated carbocycles. The molecule has 0 aromatic heterocycles. The Morgan fingerprint density at radius 1 is 1.23 bits per heavy atom. The van der Waals surface area contributed by atoms with Gasteiger partial charge in [0.2, 0.25) is 5.91 Å².